The van der Waals surface area contributed by atoms with E-state index in [0.29, 0.717) is 6.42 Å². The van der Waals surface area contributed by atoms with Gasteiger partial charge in [0.2, 0.25) is 5.91 Å². The molecule has 1 heterocycles. The smallest absolute Gasteiger partial charge is 0.220 e. The number of likely N-dealkylation sites (tertiary alicyclic amines) is 1. The first kappa shape index (κ1) is 17.6. The largest absolute Gasteiger partial charge is 0.356 e. The third-order valence-corrected chi connectivity index (χ3v) is 5.39. The van der Waals surface area contributed by atoms with E-state index in [0.717, 1.165) is 34.6 Å². The van der Waals surface area contributed by atoms with Gasteiger partial charge in [-0.1, -0.05) is 11.6 Å². The van der Waals surface area contributed by atoms with Crippen LogP contribution in [0.5, 0.6) is 0 Å². The summed E-state index contributed by atoms with van der Waals surface area (Å²) in [6.07, 6.45) is 4.21. The molecule has 1 aliphatic rings. The SMILES string of the molecule is CN1CCC(CCNC(=O)CCSc2ccc(Cl)cc2)CC1. The van der Waals surface area contributed by atoms with Crippen LogP contribution in [-0.4, -0.2) is 43.2 Å². The Balaban J connectivity index is 1.53. The molecule has 0 aliphatic carbocycles. The van der Waals surface area contributed by atoms with E-state index in [-0.39, 0.29) is 5.91 Å². The lowest BCUT2D eigenvalue weighted by Crippen LogP contribution is -2.32. The van der Waals surface area contributed by atoms with Crippen LogP contribution >= 0.6 is 23.4 Å². The number of piperidine rings is 1. The Morgan fingerprint density at radius 3 is 2.68 bits per heavy atom. The van der Waals surface area contributed by atoms with Crippen molar-refractivity contribution < 1.29 is 4.79 Å². The van der Waals surface area contributed by atoms with Crippen molar-refractivity contribution in [3.8, 4) is 0 Å². The number of benzene rings is 1. The zero-order valence-corrected chi connectivity index (χ0v) is 14.8. The number of hydrogen-bond donors (Lipinski definition) is 1. The van der Waals surface area contributed by atoms with Gasteiger partial charge >= 0.3 is 0 Å². The predicted molar refractivity (Wildman–Crippen MR) is 94.6 cm³/mol. The van der Waals surface area contributed by atoms with E-state index in [1.54, 1.807) is 11.8 Å². The molecule has 22 heavy (non-hydrogen) atoms. The Morgan fingerprint density at radius 1 is 1.32 bits per heavy atom. The highest BCUT2D eigenvalue weighted by molar-refractivity contribution is 7.99. The van der Waals surface area contributed by atoms with Gasteiger partial charge in [-0.25, -0.2) is 0 Å². The van der Waals surface area contributed by atoms with Gasteiger partial charge < -0.3 is 10.2 Å². The summed E-state index contributed by atoms with van der Waals surface area (Å²) in [4.78, 5) is 15.4. The van der Waals surface area contributed by atoms with E-state index in [2.05, 4.69) is 17.3 Å². The second kappa shape index (κ2) is 9.43. The number of carbonyl (C=O) groups excluding carboxylic acids is 1. The van der Waals surface area contributed by atoms with E-state index in [1.165, 1.54) is 25.9 Å². The van der Waals surface area contributed by atoms with Crippen LogP contribution in [0.3, 0.4) is 0 Å². The molecule has 1 aliphatic heterocycles. The minimum Gasteiger partial charge on any atom is -0.356 e. The van der Waals surface area contributed by atoms with Gasteiger partial charge in [0.05, 0.1) is 0 Å². The van der Waals surface area contributed by atoms with Crippen LogP contribution in [0.15, 0.2) is 29.2 Å². The molecule has 1 saturated heterocycles. The van der Waals surface area contributed by atoms with E-state index >= 15 is 0 Å². The Bertz CT molecular complexity index is 458. The van der Waals surface area contributed by atoms with Crippen LogP contribution in [0.25, 0.3) is 0 Å². The van der Waals surface area contributed by atoms with Crippen LogP contribution in [0, 0.1) is 5.92 Å². The summed E-state index contributed by atoms with van der Waals surface area (Å²) in [6, 6.07) is 7.74. The molecule has 0 aromatic heterocycles. The first-order chi connectivity index (χ1) is 10.6. The van der Waals surface area contributed by atoms with Crippen LogP contribution in [0.1, 0.15) is 25.7 Å². The maximum Gasteiger partial charge on any atom is 0.220 e. The van der Waals surface area contributed by atoms with Crippen molar-refractivity contribution >= 4 is 29.3 Å². The monoisotopic (exact) mass is 340 g/mol. The first-order valence-corrected chi connectivity index (χ1v) is 9.33. The van der Waals surface area contributed by atoms with Gasteiger partial charge in [0.15, 0.2) is 0 Å². The molecule has 2 rings (SSSR count). The fourth-order valence-corrected chi connectivity index (χ4v) is 3.62. The van der Waals surface area contributed by atoms with Crippen molar-refractivity contribution in [2.75, 3.05) is 32.4 Å². The lowest BCUT2D eigenvalue weighted by atomic mass is 9.94. The lowest BCUT2D eigenvalue weighted by Gasteiger charge is -2.28. The summed E-state index contributed by atoms with van der Waals surface area (Å²) in [7, 11) is 2.18. The molecular weight excluding hydrogens is 316 g/mol. The zero-order chi connectivity index (χ0) is 15.8. The predicted octanol–water partition coefficient (Wildman–Crippen LogP) is 3.67. The van der Waals surface area contributed by atoms with Crippen molar-refractivity contribution in [3.05, 3.63) is 29.3 Å². The van der Waals surface area contributed by atoms with Crippen LogP contribution < -0.4 is 5.32 Å². The van der Waals surface area contributed by atoms with Crippen molar-refractivity contribution in [3.63, 3.8) is 0 Å². The Kier molecular flexibility index (Phi) is 7.56. The van der Waals surface area contributed by atoms with Crippen molar-refractivity contribution in [1.29, 1.82) is 0 Å². The molecular formula is C17H25ClN2OS. The number of rotatable bonds is 7. The molecule has 1 aromatic rings. The second-order valence-corrected chi connectivity index (χ2v) is 7.54. The molecule has 0 spiro atoms. The molecule has 1 fully saturated rings. The quantitative estimate of drug-likeness (QED) is 0.769. The van der Waals surface area contributed by atoms with Gasteiger partial charge in [0, 0.05) is 28.6 Å². The summed E-state index contributed by atoms with van der Waals surface area (Å²) >= 11 is 7.54. The van der Waals surface area contributed by atoms with E-state index < -0.39 is 0 Å². The number of carbonyl (C=O) groups is 1. The second-order valence-electron chi connectivity index (χ2n) is 5.94. The normalized spacial score (nSPS) is 16.6. The van der Waals surface area contributed by atoms with Gasteiger partial charge in [-0.3, -0.25) is 4.79 Å². The minimum absolute atomic E-state index is 0.161. The maximum absolute atomic E-state index is 11.8. The highest BCUT2D eigenvalue weighted by atomic mass is 35.5. The third-order valence-electron chi connectivity index (χ3n) is 4.12. The molecule has 1 amide bonds. The van der Waals surface area contributed by atoms with Gasteiger partial charge in [-0.15, -0.1) is 11.8 Å². The molecule has 0 unspecified atom stereocenters. The summed E-state index contributed by atoms with van der Waals surface area (Å²) in [5, 5.41) is 3.80. The van der Waals surface area contributed by atoms with Crippen molar-refractivity contribution in [2.24, 2.45) is 5.92 Å². The zero-order valence-electron chi connectivity index (χ0n) is 13.2. The van der Waals surface area contributed by atoms with E-state index in [1.807, 2.05) is 24.3 Å². The average Bonchev–Trinajstić information content (AvgIpc) is 2.51. The fourth-order valence-electron chi connectivity index (χ4n) is 2.65. The summed E-state index contributed by atoms with van der Waals surface area (Å²) < 4.78 is 0. The van der Waals surface area contributed by atoms with Crippen LogP contribution in [0.4, 0.5) is 0 Å². The molecule has 1 aromatic carbocycles. The summed E-state index contributed by atoms with van der Waals surface area (Å²) in [5.74, 6) is 1.75. The Labute approximate surface area is 142 Å². The van der Waals surface area contributed by atoms with E-state index in [9.17, 15) is 4.79 Å². The third kappa shape index (κ3) is 6.59. The summed E-state index contributed by atoms with van der Waals surface area (Å²) in [6.45, 7) is 3.20. The van der Waals surface area contributed by atoms with Crippen LogP contribution in [0.2, 0.25) is 5.02 Å². The highest BCUT2D eigenvalue weighted by Gasteiger charge is 2.16. The Morgan fingerprint density at radius 2 is 2.00 bits per heavy atom. The first-order valence-electron chi connectivity index (χ1n) is 7.97. The molecule has 5 heteroatoms. The fraction of sp³-hybridized carbons (Fsp3) is 0.588. The van der Waals surface area contributed by atoms with Crippen molar-refractivity contribution in [1.82, 2.24) is 10.2 Å². The van der Waals surface area contributed by atoms with Gasteiger partial charge in [-0.05, 0) is 69.6 Å². The number of halogens is 1. The number of thioether (sulfide) groups is 1. The maximum atomic E-state index is 11.8. The number of amides is 1. The summed E-state index contributed by atoms with van der Waals surface area (Å²) in [5.41, 5.74) is 0. The molecule has 3 nitrogen and oxygen atoms in total. The molecule has 1 N–H and O–H groups in total. The highest BCUT2D eigenvalue weighted by Crippen LogP contribution is 2.21. The number of nitrogens with zero attached hydrogens (tertiary/aromatic N) is 1. The molecule has 0 saturated carbocycles. The molecule has 0 radical (unpaired) electrons. The van der Waals surface area contributed by atoms with Gasteiger partial charge in [-0.2, -0.15) is 0 Å². The van der Waals surface area contributed by atoms with Crippen molar-refractivity contribution in [2.45, 2.75) is 30.6 Å². The lowest BCUT2D eigenvalue weighted by molar-refractivity contribution is -0.120. The Hall–Kier alpha value is -0.710. The van der Waals surface area contributed by atoms with Crippen LogP contribution in [-0.2, 0) is 4.79 Å². The number of nitrogens with one attached hydrogen (secondary N) is 1. The molecule has 122 valence electrons. The topological polar surface area (TPSA) is 32.3 Å². The molecule has 0 atom stereocenters. The average molecular weight is 341 g/mol. The minimum atomic E-state index is 0.161. The van der Waals surface area contributed by atoms with E-state index in [4.69, 9.17) is 11.6 Å². The number of hydrogen-bond acceptors (Lipinski definition) is 3. The molecule has 0 bridgehead atoms. The van der Waals surface area contributed by atoms with Gasteiger partial charge in [0.25, 0.3) is 0 Å². The van der Waals surface area contributed by atoms with Gasteiger partial charge in [0.1, 0.15) is 0 Å². The standard InChI is InChI=1S/C17H25ClN2OS/c1-20-11-7-14(8-12-20)6-10-19-17(21)9-13-22-16-4-2-15(18)3-5-16/h2-5,14H,6-13H2,1H3,(H,19,21).